The fourth-order valence-corrected chi connectivity index (χ4v) is 1.87. The van der Waals surface area contributed by atoms with Gasteiger partial charge in [0.05, 0.1) is 12.5 Å². The first-order chi connectivity index (χ1) is 8.56. The number of piperazine rings is 1. The molecule has 1 aliphatic rings. The van der Waals surface area contributed by atoms with Crippen molar-refractivity contribution in [1.82, 2.24) is 15.3 Å². The fraction of sp³-hybridized carbons (Fsp3) is 0.800. The summed E-state index contributed by atoms with van der Waals surface area (Å²) in [5.41, 5.74) is 11.1. The summed E-state index contributed by atoms with van der Waals surface area (Å²) in [6.45, 7) is 3.60. The lowest BCUT2D eigenvalue weighted by Crippen LogP contribution is -2.59. The summed E-state index contributed by atoms with van der Waals surface area (Å²) >= 11 is 0. The van der Waals surface area contributed by atoms with Gasteiger partial charge in [0.25, 0.3) is 5.91 Å². The summed E-state index contributed by atoms with van der Waals surface area (Å²) < 4.78 is 0. The fourth-order valence-electron chi connectivity index (χ4n) is 1.87. The molecule has 6 N–H and O–H groups in total. The lowest BCUT2D eigenvalue weighted by molar-refractivity contribution is -0.154. The molecule has 1 fully saturated rings. The van der Waals surface area contributed by atoms with Crippen molar-refractivity contribution in [2.75, 3.05) is 39.3 Å². The van der Waals surface area contributed by atoms with Crippen LogP contribution in [0.25, 0.3) is 0 Å². The van der Waals surface area contributed by atoms with Crippen LogP contribution in [0, 0.1) is 0 Å². The summed E-state index contributed by atoms with van der Waals surface area (Å²) in [5.74, 6) is -1.46. The molecule has 8 heteroatoms. The van der Waals surface area contributed by atoms with E-state index in [1.807, 2.05) is 5.01 Å². The number of carboxylic acids is 1. The highest BCUT2D eigenvalue weighted by atomic mass is 16.4. The van der Waals surface area contributed by atoms with E-state index in [1.54, 1.807) is 0 Å². The van der Waals surface area contributed by atoms with Gasteiger partial charge in [-0.3, -0.25) is 14.6 Å². The lowest BCUT2D eigenvalue weighted by Gasteiger charge is -2.38. The van der Waals surface area contributed by atoms with E-state index in [4.69, 9.17) is 16.6 Å². The van der Waals surface area contributed by atoms with Gasteiger partial charge in [-0.25, -0.2) is 5.01 Å². The van der Waals surface area contributed by atoms with Crippen LogP contribution in [0.1, 0.15) is 6.42 Å². The van der Waals surface area contributed by atoms with E-state index in [9.17, 15) is 9.59 Å². The first-order valence-corrected chi connectivity index (χ1v) is 6.00. The van der Waals surface area contributed by atoms with Crippen LogP contribution in [0.5, 0.6) is 0 Å². The van der Waals surface area contributed by atoms with E-state index in [2.05, 4.69) is 5.32 Å². The van der Waals surface area contributed by atoms with Gasteiger partial charge in [0.2, 0.25) is 0 Å². The van der Waals surface area contributed by atoms with Gasteiger partial charge in [-0.1, -0.05) is 0 Å². The number of nitrogens with zero attached hydrogens (tertiary/aromatic N) is 2. The van der Waals surface area contributed by atoms with Crippen LogP contribution in [-0.4, -0.2) is 72.3 Å². The number of hydrogen-bond acceptors (Lipinski definition) is 6. The van der Waals surface area contributed by atoms with Gasteiger partial charge >= 0.3 is 5.97 Å². The third-order valence-corrected chi connectivity index (χ3v) is 2.74. The van der Waals surface area contributed by atoms with Crippen molar-refractivity contribution >= 4 is 11.9 Å². The van der Waals surface area contributed by atoms with Crippen molar-refractivity contribution < 1.29 is 14.7 Å². The molecular formula is C10H21N5O3. The minimum absolute atomic E-state index is 0.315. The zero-order valence-corrected chi connectivity index (χ0v) is 10.3. The van der Waals surface area contributed by atoms with E-state index in [1.165, 1.54) is 5.01 Å². The number of amides is 1. The van der Waals surface area contributed by atoms with Crippen molar-refractivity contribution in [2.45, 2.75) is 12.5 Å². The normalized spacial score (nSPS) is 18.3. The van der Waals surface area contributed by atoms with Crippen molar-refractivity contribution in [3.63, 3.8) is 0 Å². The molecule has 1 rings (SSSR count). The second kappa shape index (κ2) is 7.27. The van der Waals surface area contributed by atoms with Crippen LogP contribution in [0.4, 0.5) is 0 Å². The molecule has 1 saturated heterocycles. The van der Waals surface area contributed by atoms with Gasteiger partial charge in [-0.15, -0.1) is 0 Å². The van der Waals surface area contributed by atoms with Crippen LogP contribution in [0.15, 0.2) is 0 Å². The molecule has 104 valence electrons. The molecule has 1 amide bonds. The van der Waals surface area contributed by atoms with Gasteiger partial charge in [-0.05, 0) is 0 Å². The van der Waals surface area contributed by atoms with Gasteiger partial charge in [0.15, 0.2) is 0 Å². The first-order valence-electron chi connectivity index (χ1n) is 6.00. The van der Waals surface area contributed by atoms with Crippen LogP contribution in [0.3, 0.4) is 0 Å². The van der Waals surface area contributed by atoms with Crippen molar-refractivity contribution in [1.29, 1.82) is 0 Å². The van der Waals surface area contributed by atoms with E-state index in [0.29, 0.717) is 26.2 Å². The van der Waals surface area contributed by atoms with Crippen LogP contribution in [0.2, 0.25) is 0 Å². The number of carbonyl (C=O) groups excluding carboxylic acids is 1. The minimum Gasteiger partial charge on any atom is -0.481 e. The number of nitrogens with two attached hydrogens (primary N) is 2. The maximum Gasteiger partial charge on any atom is 0.305 e. The Morgan fingerprint density at radius 3 is 2.50 bits per heavy atom. The topological polar surface area (TPSA) is 125 Å². The molecule has 0 aromatic carbocycles. The first kappa shape index (κ1) is 14.8. The molecule has 0 radical (unpaired) electrons. The van der Waals surface area contributed by atoms with Crippen LogP contribution < -0.4 is 16.8 Å². The Morgan fingerprint density at radius 1 is 1.39 bits per heavy atom. The second-order valence-corrected chi connectivity index (χ2v) is 4.16. The number of hydrazine groups is 1. The van der Waals surface area contributed by atoms with E-state index < -0.39 is 12.0 Å². The minimum atomic E-state index is -1.08. The van der Waals surface area contributed by atoms with Gasteiger partial charge in [0, 0.05) is 39.3 Å². The maximum atomic E-state index is 12.1. The predicted molar refractivity (Wildman–Crippen MR) is 65.4 cm³/mol. The average molecular weight is 259 g/mol. The Morgan fingerprint density at radius 2 is 2.00 bits per heavy atom. The Labute approximate surface area is 106 Å². The number of carboxylic acid groups (broad SMARTS) is 1. The van der Waals surface area contributed by atoms with Crippen molar-refractivity contribution in [2.24, 2.45) is 11.5 Å². The van der Waals surface area contributed by atoms with E-state index >= 15 is 0 Å². The number of carbonyl (C=O) groups is 2. The summed E-state index contributed by atoms with van der Waals surface area (Å²) in [7, 11) is 0. The number of nitrogens with one attached hydrogen (secondary N) is 1. The second-order valence-electron chi connectivity index (χ2n) is 4.16. The SMILES string of the molecule is NCCN(C(=O)[C@@H](N)CC(=O)O)N1CCNCC1. The van der Waals surface area contributed by atoms with Crippen molar-refractivity contribution in [3.05, 3.63) is 0 Å². The summed E-state index contributed by atoms with van der Waals surface area (Å²) in [6.07, 6.45) is -0.369. The average Bonchev–Trinajstić information content (AvgIpc) is 2.35. The lowest BCUT2D eigenvalue weighted by atomic mass is 10.2. The standard InChI is InChI=1S/C10H21N5O3/c11-1-4-15(14-5-2-13-3-6-14)10(18)8(12)7-9(16)17/h8,13H,1-7,11-12H2,(H,16,17)/t8-/m0/s1. The Kier molecular flexibility index (Phi) is 5.99. The highest BCUT2D eigenvalue weighted by molar-refractivity contribution is 5.85. The highest BCUT2D eigenvalue weighted by Gasteiger charge is 2.27. The van der Waals surface area contributed by atoms with E-state index in [0.717, 1.165) is 13.1 Å². The molecule has 18 heavy (non-hydrogen) atoms. The zero-order chi connectivity index (χ0) is 13.5. The summed E-state index contributed by atoms with van der Waals surface area (Å²) in [6, 6.07) is -1.02. The molecule has 8 nitrogen and oxygen atoms in total. The quantitative estimate of drug-likeness (QED) is 0.412. The monoisotopic (exact) mass is 259 g/mol. The molecular weight excluding hydrogens is 238 g/mol. The van der Waals surface area contributed by atoms with Crippen LogP contribution in [-0.2, 0) is 9.59 Å². The van der Waals surface area contributed by atoms with Gasteiger partial charge in [0.1, 0.15) is 0 Å². The molecule has 0 aliphatic carbocycles. The molecule has 0 bridgehead atoms. The Balaban J connectivity index is 2.64. The molecule has 0 saturated carbocycles. The summed E-state index contributed by atoms with van der Waals surface area (Å²) in [4.78, 5) is 22.7. The molecule has 0 aromatic heterocycles. The Bertz CT molecular complexity index is 293. The molecule has 0 unspecified atom stereocenters. The number of rotatable bonds is 6. The Hall–Kier alpha value is -1.22. The predicted octanol–water partition coefficient (Wildman–Crippen LogP) is -2.60. The van der Waals surface area contributed by atoms with Crippen LogP contribution >= 0.6 is 0 Å². The van der Waals surface area contributed by atoms with Crippen molar-refractivity contribution in [3.8, 4) is 0 Å². The molecule has 0 aromatic rings. The number of hydrogen-bond donors (Lipinski definition) is 4. The van der Waals surface area contributed by atoms with E-state index in [-0.39, 0.29) is 12.3 Å². The zero-order valence-electron chi connectivity index (χ0n) is 10.3. The van der Waals surface area contributed by atoms with Gasteiger partial charge < -0.3 is 21.9 Å². The van der Waals surface area contributed by atoms with Gasteiger partial charge in [-0.2, -0.15) is 0 Å². The largest absolute Gasteiger partial charge is 0.481 e. The molecule has 1 atom stereocenters. The molecule has 1 aliphatic heterocycles. The third kappa shape index (κ3) is 4.22. The summed E-state index contributed by atoms with van der Waals surface area (Å²) in [5, 5.41) is 15.2. The smallest absolute Gasteiger partial charge is 0.305 e. The highest BCUT2D eigenvalue weighted by Crippen LogP contribution is 2.04. The molecule has 1 heterocycles. The molecule has 0 spiro atoms. The maximum absolute atomic E-state index is 12.1. The number of aliphatic carboxylic acids is 1. The third-order valence-electron chi connectivity index (χ3n) is 2.74.